The van der Waals surface area contributed by atoms with Gasteiger partial charge in [-0.3, -0.25) is 0 Å². The van der Waals surface area contributed by atoms with Crippen LogP contribution in [-0.2, 0) is 5.41 Å². The van der Waals surface area contributed by atoms with Gasteiger partial charge in [0.2, 0.25) is 0 Å². The first-order valence-corrected chi connectivity index (χ1v) is 16.1. The van der Waals surface area contributed by atoms with E-state index in [0.29, 0.717) is 17.5 Å². The predicted molar refractivity (Wildman–Crippen MR) is 193 cm³/mol. The van der Waals surface area contributed by atoms with Crippen molar-refractivity contribution in [3.63, 3.8) is 0 Å². The van der Waals surface area contributed by atoms with Gasteiger partial charge in [0, 0.05) is 44.8 Å². The molecule has 4 heteroatoms. The summed E-state index contributed by atoms with van der Waals surface area (Å²) in [7, 11) is 0. The topological polar surface area (TPSA) is 43.6 Å². The Morgan fingerprint density at radius 3 is 1.85 bits per heavy atom. The highest BCUT2D eigenvalue weighted by atomic mass is 15.0. The Balaban J connectivity index is 1.24. The summed E-state index contributed by atoms with van der Waals surface area (Å²) in [6.07, 6.45) is 2.19. The monoisotopic (exact) mass is 604 g/mol. The Morgan fingerprint density at radius 2 is 1.15 bits per heavy atom. The van der Waals surface area contributed by atoms with Crippen molar-refractivity contribution in [2.45, 2.75) is 26.2 Å². The molecule has 0 atom stereocenters. The van der Waals surface area contributed by atoms with Crippen LogP contribution in [0.25, 0.3) is 72.7 Å². The third-order valence-electron chi connectivity index (χ3n) is 9.69. The van der Waals surface area contributed by atoms with Crippen LogP contribution in [0.3, 0.4) is 0 Å². The highest BCUT2D eigenvalue weighted by Gasteiger charge is 2.36. The minimum atomic E-state index is -0.0374. The molecule has 8 aromatic rings. The molecule has 0 amide bonds. The van der Waals surface area contributed by atoms with Crippen molar-refractivity contribution < 1.29 is 0 Å². The number of hydrogen-bond donors (Lipinski definition) is 0. The molecule has 6 aromatic carbocycles. The molecule has 0 spiro atoms. The summed E-state index contributed by atoms with van der Waals surface area (Å²) in [6, 6.07) is 47.2. The molecule has 2 aromatic heterocycles. The van der Waals surface area contributed by atoms with Crippen molar-refractivity contribution in [2.24, 2.45) is 0 Å². The Hall–Kier alpha value is -5.87. The third-order valence-corrected chi connectivity index (χ3v) is 9.69. The SMILES string of the molecule is Cc1cc(-c2nc(-c3ccccc3)nc(-c3ccccc3)n2)cc(-n2ccc3ccc4c5c(ccc4c32)C(C)(C)c2ccccc2-5)c1. The summed E-state index contributed by atoms with van der Waals surface area (Å²) in [4.78, 5) is 14.9. The molecule has 4 nitrogen and oxygen atoms in total. The number of hydrogen-bond acceptors (Lipinski definition) is 3. The molecular weight excluding hydrogens is 573 g/mol. The second-order valence-corrected chi connectivity index (χ2v) is 13.0. The lowest BCUT2D eigenvalue weighted by atomic mass is 9.82. The minimum Gasteiger partial charge on any atom is -0.316 e. The summed E-state index contributed by atoms with van der Waals surface area (Å²) < 4.78 is 2.32. The average molecular weight is 605 g/mol. The largest absolute Gasteiger partial charge is 0.316 e. The van der Waals surface area contributed by atoms with Crippen molar-refractivity contribution in [1.82, 2.24) is 19.5 Å². The summed E-state index contributed by atoms with van der Waals surface area (Å²) in [5.74, 6) is 1.97. The van der Waals surface area contributed by atoms with Gasteiger partial charge in [0.1, 0.15) is 0 Å². The molecule has 0 N–H and O–H groups in total. The van der Waals surface area contributed by atoms with E-state index in [-0.39, 0.29) is 5.41 Å². The highest BCUT2D eigenvalue weighted by Crippen LogP contribution is 2.51. The summed E-state index contributed by atoms with van der Waals surface area (Å²) in [5, 5.41) is 3.75. The zero-order chi connectivity index (χ0) is 31.7. The quantitative estimate of drug-likeness (QED) is 0.201. The van der Waals surface area contributed by atoms with E-state index < -0.39 is 0 Å². The number of fused-ring (bicyclic) bond motifs is 7. The molecule has 1 aliphatic rings. The van der Waals surface area contributed by atoms with Crippen molar-refractivity contribution >= 4 is 21.7 Å². The van der Waals surface area contributed by atoms with Crippen LogP contribution in [0.1, 0.15) is 30.5 Å². The molecular formula is C43H32N4. The van der Waals surface area contributed by atoms with E-state index in [1.54, 1.807) is 0 Å². The molecule has 0 saturated heterocycles. The molecule has 0 bridgehead atoms. The van der Waals surface area contributed by atoms with Crippen LogP contribution in [0.2, 0.25) is 0 Å². The first-order chi connectivity index (χ1) is 23.0. The van der Waals surface area contributed by atoms with Gasteiger partial charge < -0.3 is 4.57 Å². The fraction of sp³-hybridized carbons (Fsp3) is 0.0930. The third kappa shape index (κ3) is 4.33. The van der Waals surface area contributed by atoms with Gasteiger partial charge in [-0.15, -0.1) is 0 Å². The summed E-state index contributed by atoms with van der Waals surface area (Å²) >= 11 is 0. The number of nitrogens with zero attached hydrogens (tertiary/aromatic N) is 4. The van der Waals surface area contributed by atoms with Crippen LogP contribution in [-0.4, -0.2) is 19.5 Å². The normalized spacial score (nSPS) is 13.2. The second kappa shape index (κ2) is 10.3. The van der Waals surface area contributed by atoms with Crippen LogP contribution in [0.5, 0.6) is 0 Å². The van der Waals surface area contributed by atoms with Crippen LogP contribution in [0.15, 0.2) is 140 Å². The Kier molecular flexibility index (Phi) is 6.03. The van der Waals surface area contributed by atoms with Crippen LogP contribution < -0.4 is 0 Å². The molecule has 0 aliphatic heterocycles. The second-order valence-electron chi connectivity index (χ2n) is 13.0. The fourth-order valence-electron chi connectivity index (χ4n) is 7.43. The maximum atomic E-state index is 5.02. The summed E-state index contributed by atoms with van der Waals surface area (Å²) in [6.45, 7) is 6.82. The smallest absolute Gasteiger partial charge is 0.164 e. The molecule has 0 fully saturated rings. The van der Waals surface area contributed by atoms with Gasteiger partial charge in [0.15, 0.2) is 17.5 Å². The van der Waals surface area contributed by atoms with E-state index in [4.69, 9.17) is 15.0 Å². The van der Waals surface area contributed by atoms with E-state index in [9.17, 15) is 0 Å². The number of rotatable bonds is 4. The summed E-state index contributed by atoms with van der Waals surface area (Å²) in [5.41, 5.74) is 11.7. The molecule has 2 heterocycles. The Labute approximate surface area is 274 Å². The van der Waals surface area contributed by atoms with Crippen molar-refractivity contribution in [3.8, 4) is 51.0 Å². The van der Waals surface area contributed by atoms with Crippen LogP contribution in [0.4, 0.5) is 0 Å². The fourth-order valence-corrected chi connectivity index (χ4v) is 7.43. The number of aromatic nitrogens is 4. The average Bonchev–Trinajstić information content (AvgIpc) is 3.65. The van der Waals surface area contributed by atoms with Gasteiger partial charge in [-0.2, -0.15) is 0 Å². The van der Waals surface area contributed by atoms with Crippen molar-refractivity contribution in [3.05, 3.63) is 156 Å². The number of aryl methyl sites for hydroxylation is 1. The van der Waals surface area contributed by atoms with E-state index >= 15 is 0 Å². The van der Waals surface area contributed by atoms with Crippen molar-refractivity contribution in [1.29, 1.82) is 0 Å². The van der Waals surface area contributed by atoms with E-state index in [0.717, 1.165) is 27.9 Å². The van der Waals surface area contributed by atoms with Gasteiger partial charge in [-0.05, 0) is 64.4 Å². The highest BCUT2D eigenvalue weighted by molar-refractivity contribution is 6.13. The lowest BCUT2D eigenvalue weighted by Gasteiger charge is -2.21. The molecule has 47 heavy (non-hydrogen) atoms. The first-order valence-electron chi connectivity index (χ1n) is 16.1. The first kappa shape index (κ1) is 27.4. The van der Waals surface area contributed by atoms with Gasteiger partial charge in [-0.25, -0.2) is 15.0 Å². The zero-order valence-corrected chi connectivity index (χ0v) is 26.6. The molecule has 224 valence electrons. The molecule has 9 rings (SSSR count). The van der Waals surface area contributed by atoms with E-state index in [1.807, 2.05) is 60.7 Å². The molecule has 0 unspecified atom stereocenters. The molecule has 0 radical (unpaired) electrons. The van der Waals surface area contributed by atoms with E-state index in [1.165, 1.54) is 43.9 Å². The Morgan fingerprint density at radius 1 is 0.532 bits per heavy atom. The lowest BCUT2D eigenvalue weighted by Crippen LogP contribution is -2.14. The minimum absolute atomic E-state index is 0.0374. The van der Waals surface area contributed by atoms with E-state index in [2.05, 4.69) is 104 Å². The van der Waals surface area contributed by atoms with Gasteiger partial charge in [0.25, 0.3) is 0 Å². The Bertz CT molecular complexity index is 2430. The standard InChI is InChI=1S/C43H32N4/c1-27-24-31(42-45-40(29-12-6-4-7-13-29)44-41(46-42)30-14-8-5-9-15-30)26-32(25-27)47-23-22-28-18-19-33-34(39(28)47)20-21-37-38(33)35-16-10-11-17-36(35)43(37,2)3/h4-26H,1-3H3. The van der Waals surface area contributed by atoms with Gasteiger partial charge >= 0.3 is 0 Å². The van der Waals surface area contributed by atoms with Gasteiger partial charge in [-0.1, -0.05) is 123 Å². The van der Waals surface area contributed by atoms with Crippen LogP contribution in [0, 0.1) is 6.92 Å². The maximum absolute atomic E-state index is 5.02. The zero-order valence-electron chi connectivity index (χ0n) is 26.6. The van der Waals surface area contributed by atoms with Crippen molar-refractivity contribution in [2.75, 3.05) is 0 Å². The van der Waals surface area contributed by atoms with Gasteiger partial charge in [0.05, 0.1) is 5.52 Å². The lowest BCUT2D eigenvalue weighted by molar-refractivity contribution is 0.661. The van der Waals surface area contributed by atoms with Crippen LogP contribution >= 0.6 is 0 Å². The molecule has 1 aliphatic carbocycles. The molecule has 0 saturated carbocycles. The number of benzene rings is 6. The predicted octanol–water partition coefficient (Wildman–Crippen LogP) is 10.6. The maximum Gasteiger partial charge on any atom is 0.164 e.